The highest BCUT2D eigenvalue weighted by molar-refractivity contribution is 5.85. The van der Waals surface area contributed by atoms with Crippen molar-refractivity contribution in [1.82, 2.24) is 10.2 Å². The molecule has 0 aromatic heterocycles. The maximum Gasteiger partial charge on any atom is 0.407 e. The van der Waals surface area contributed by atoms with Crippen molar-refractivity contribution in [2.75, 3.05) is 26.2 Å². The lowest BCUT2D eigenvalue weighted by Gasteiger charge is -2.32. The Morgan fingerprint density at radius 1 is 1.12 bits per heavy atom. The Hall–Kier alpha value is -3.35. The quantitative estimate of drug-likeness (QED) is 0.638. The largest absolute Gasteiger partial charge is 0.481 e. The second-order valence-corrected chi connectivity index (χ2v) is 9.94. The van der Waals surface area contributed by atoms with Crippen LogP contribution >= 0.6 is 0 Å². The molecule has 7 heteroatoms. The van der Waals surface area contributed by atoms with E-state index in [-0.39, 0.29) is 31.5 Å². The number of amides is 2. The van der Waals surface area contributed by atoms with Crippen molar-refractivity contribution in [3.05, 3.63) is 59.7 Å². The molecule has 0 saturated carbocycles. The maximum atomic E-state index is 13.2. The molecule has 2 aromatic rings. The number of carbonyl (C=O) groups excluding carboxylic acids is 2. The minimum atomic E-state index is -0.926. The van der Waals surface area contributed by atoms with Crippen LogP contribution < -0.4 is 5.32 Å². The van der Waals surface area contributed by atoms with E-state index in [1.807, 2.05) is 31.2 Å². The van der Waals surface area contributed by atoms with Gasteiger partial charge >= 0.3 is 12.1 Å². The molecule has 1 aliphatic heterocycles. The highest BCUT2D eigenvalue weighted by Gasteiger charge is 2.46. The SMILES string of the molecule is CCC(C)(CNC(=O)OCC1c2ccccc2-c2ccccc21)C(=O)N1CCC(C)(C(=O)O)C1. The summed E-state index contributed by atoms with van der Waals surface area (Å²) in [7, 11) is 0. The van der Waals surface area contributed by atoms with E-state index in [0.29, 0.717) is 19.4 Å². The minimum absolute atomic E-state index is 0.0318. The first-order valence-corrected chi connectivity index (χ1v) is 11.8. The van der Waals surface area contributed by atoms with Crippen molar-refractivity contribution in [2.45, 2.75) is 39.5 Å². The predicted molar refractivity (Wildman–Crippen MR) is 128 cm³/mol. The van der Waals surface area contributed by atoms with Gasteiger partial charge in [-0.1, -0.05) is 55.5 Å². The molecule has 2 atom stereocenters. The summed E-state index contributed by atoms with van der Waals surface area (Å²) >= 11 is 0. The first-order valence-electron chi connectivity index (χ1n) is 11.8. The van der Waals surface area contributed by atoms with Crippen LogP contribution in [0.25, 0.3) is 11.1 Å². The number of hydrogen-bond acceptors (Lipinski definition) is 4. The van der Waals surface area contributed by atoms with Gasteiger partial charge in [0.1, 0.15) is 6.61 Å². The van der Waals surface area contributed by atoms with Gasteiger partial charge in [0.15, 0.2) is 0 Å². The van der Waals surface area contributed by atoms with Crippen LogP contribution in [0.4, 0.5) is 4.79 Å². The molecule has 2 amide bonds. The molecule has 0 radical (unpaired) electrons. The molecule has 2 N–H and O–H groups in total. The van der Waals surface area contributed by atoms with E-state index in [1.54, 1.807) is 18.7 Å². The fourth-order valence-electron chi connectivity index (χ4n) is 4.96. The second kappa shape index (κ2) is 9.12. The summed E-state index contributed by atoms with van der Waals surface area (Å²) in [5.41, 5.74) is 2.84. The van der Waals surface area contributed by atoms with Crippen molar-refractivity contribution < 1.29 is 24.2 Å². The molecule has 2 aromatic carbocycles. The van der Waals surface area contributed by atoms with Gasteiger partial charge in [-0.05, 0) is 48.9 Å². The average molecular weight is 465 g/mol. The van der Waals surface area contributed by atoms with Crippen LogP contribution in [0.1, 0.15) is 50.7 Å². The summed E-state index contributed by atoms with van der Waals surface area (Å²) in [4.78, 5) is 38.9. The highest BCUT2D eigenvalue weighted by Crippen LogP contribution is 2.44. The molecule has 2 aliphatic rings. The molecule has 2 unspecified atom stereocenters. The Kier molecular flexibility index (Phi) is 6.39. The molecule has 1 aliphatic carbocycles. The van der Waals surface area contributed by atoms with E-state index in [1.165, 1.54) is 0 Å². The fourth-order valence-corrected chi connectivity index (χ4v) is 4.96. The Labute approximate surface area is 200 Å². The Morgan fingerprint density at radius 2 is 1.71 bits per heavy atom. The van der Waals surface area contributed by atoms with Gasteiger partial charge in [-0.15, -0.1) is 0 Å². The van der Waals surface area contributed by atoms with Crippen molar-refractivity contribution in [1.29, 1.82) is 0 Å². The maximum absolute atomic E-state index is 13.2. The van der Waals surface area contributed by atoms with E-state index in [9.17, 15) is 19.5 Å². The second-order valence-electron chi connectivity index (χ2n) is 9.94. The normalized spacial score (nSPS) is 20.9. The average Bonchev–Trinajstić information content (AvgIpc) is 3.40. The molecular formula is C27H32N2O5. The Morgan fingerprint density at radius 3 is 2.24 bits per heavy atom. The number of carboxylic acid groups (broad SMARTS) is 1. The zero-order valence-electron chi connectivity index (χ0n) is 20.0. The molecule has 1 heterocycles. The third kappa shape index (κ3) is 4.27. The lowest BCUT2D eigenvalue weighted by atomic mass is 9.85. The molecule has 180 valence electrons. The molecule has 1 fully saturated rings. The topological polar surface area (TPSA) is 95.9 Å². The lowest BCUT2D eigenvalue weighted by molar-refractivity contribution is -0.148. The van der Waals surface area contributed by atoms with Crippen LogP contribution in [-0.2, 0) is 14.3 Å². The Bertz CT molecular complexity index is 1070. The summed E-state index contributed by atoms with van der Waals surface area (Å²) in [6.45, 7) is 6.28. The molecule has 0 spiro atoms. The fraction of sp³-hybridized carbons (Fsp3) is 0.444. The number of ether oxygens (including phenoxy) is 1. The van der Waals surface area contributed by atoms with Crippen molar-refractivity contribution in [3.63, 3.8) is 0 Å². The number of hydrogen-bond donors (Lipinski definition) is 2. The van der Waals surface area contributed by atoms with Crippen LogP contribution in [0.2, 0.25) is 0 Å². The van der Waals surface area contributed by atoms with E-state index >= 15 is 0 Å². The Balaban J connectivity index is 1.36. The van der Waals surface area contributed by atoms with Crippen LogP contribution in [0.15, 0.2) is 48.5 Å². The van der Waals surface area contributed by atoms with Gasteiger partial charge in [0.05, 0.1) is 10.8 Å². The molecule has 34 heavy (non-hydrogen) atoms. The number of aliphatic carboxylic acids is 1. The smallest absolute Gasteiger partial charge is 0.407 e. The van der Waals surface area contributed by atoms with Gasteiger partial charge in [0.2, 0.25) is 5.91 Å². The molecule has 0 bridgehead atoms. The van der Waals surface area contributed by atoms with Gasteiger partial charge in [-0.25, -0.2) is 4.79 Å². The first-order chi connectivity index (χ1) is 16.2. The van der Waals surface area contributed by atoms with Crippen molar-refractivity contribution in [3.8, 4) is 11.1 Å². The van der Waals surface area contributed by atoms with Crippen molar-refractivity contribution in [2.24, 2.45) is 10.8 Å². The van der Waals surface area contributed by atoms with Crippen LogP contribution in [0.5, 0.6) is 0 Å². The summed E-state index contributed by atoms with van der Waals surface area (Å²) in [6, 6.07) is 16.3. The van der Waals surface area contributed by atoms with Gasteiger partial charge in [-0.2, -0.15) is 0 Å². The first kappa shape index (κ1) is 23.8. The summed E-state index contributed by atoms with van der Waals surface area (Å²) in [6.07, 6.45) is 0.370. The van der Waals surface area contributed by atoms with Crippen molar-refractivity contribution >= 4 is 18.0 Å². The molecule has 7 nitrogen and oxygen atoms in total. The standard InChI is InChI=1S/C27H32N2O5/c1-4-26(2,23(30)29-14-13-27(3,17-29)24(31)32)16-28-25(33)34-15-22-20-11-7-5-9-18(20)19-10-6-8-12-21(19)22/h5-12,22H,4,13-17H2,1-3H3,(H,28,33)(H,31,32). The van der Waals surface area contributed by atoms with Crippen LogP contribution in [0.3, 0.4) is 0 Å². The van der Waals surface area contributed by atoms with Gasteiger partial charge in [0.25, 0.3) is 0 Å². The number of carbonyl (C=O) groups is 3. The monoisotopic (exact) mass is 464 g/mol. The predicted octanol–water partition coefficient (Wildman–Crippen LogP) is 4.26. The number of carboxylic acids is 1. The van der Waals surface area contributed by atoms with E-state index in [4.69, 9.17) is 4.74 Å². The lowest BCUT2D eigenvalue weighted by Crippen LogP contribution is -2.48. The summed E-state index contributed by atoms with van der Waals surface area (Å²) < 4.78 is 5.60. The van der Waals surface area contributed by atoms with E-state index in [0.717, 1.165) is 22.3 Å². The molecule has 1 saturated heterocycles. The number of benzene rings is 2. The van der Waals surface area contributed by atoms with Gasteiger partial charge in [-0.3, -0.25) is 9.59 Å². The number of alkyl carbamates (subject to hydrolysis) is 1. The van der Waals surface area contributed by atoms with E-state index < -0.39 is 22.9 Å². The van der Waals surface area contributed by atoms with Gasteiger partial charge < -0.3 is 20.1 Å². The van der Waals surface area contributed by atoms with Crippen LogP contribution in [0, 0.1) is 10.8 Å². The minimum Gasteiger partial charge on any atom is -0.481 e. The number of fused-ring (bicyclic) bond motifs is 3. The zero-order valence-corrected chi connectivity index (χ0v) is 20.0. The summed E-state index contributed by atoms with van der Waals surface area (Å²) in [5, 5.41) is 12.2. The third-order valence-electron chi connectivity index (χ3n) is 7.54. The number of likely N-dealkylation sites (tertiary alicyclic amines) is 1. The number of nitrogens with one attached hydrogen (secondary N) is 1. The number of nitrogens with zero attached hydrogens (tertiary/aromatic N) is 1. The summed E-state index contributed by atoms with van der Waals surface area (Å²) in [5.74, 6) is -1.06. The molecular weight excluding hydrogens is 432 g/mol. The number of rotatable bonds is 7. The third-order valence-corrected chi connectivity index (χ3v) is 7.54. The van der Waals surface area contributed by atoms with E-state index in [2.05, 4.69) is 29.6 Å². The van der Waals surface area contributed by atoms with Gasteiger partial charge in [0, 0.05) is 25.6 Å². The highest BCUT2D eigenvalue weighted by atomic mass is 16.5. The van der Waals surface area contributed by atoms with Crippen LogP contribution in [-0.4, -0.2) is 54.2 Å². The zero-order chi connectivity index (χ0) is 24.5. The molecule has 4 rings (SSSR count).